The molecule has 1 saturated carbocycles. The molecule has 29 heavy (non-hydrogen) atoms. The lowest BCUT2D eigenvalue weighted by molar-refractivity contribution is -0.134. The summed E-state index contributed by atoms with van der Waals surface area (Å²) in [7, 11) is 1.62. The molecular formula is C22H31N3O3S. The molecule has 1 fully saturated rings. The highest BCUT2D eigenvalue weighted by Crippen LogP contribution is 2.34. The van der Waals surface area contributed by atoms with Gasteiger partial charge in [0.25, 0.3) is 5.91 Å². The minimum Gasteiger partial charge on any atom is -0.383 e. The molecule has 7 heteroatoms. The van der Waals surface area contributed by atoms with Gasteiger partial charge in [-0.3, -0.25) is 9.59 Å². The number of carbonyl (C=O) groups excluding carboxylic acids is 2. The van der Waals surface area contributed by atoms with Crippen molar-refractivity contribution in [1.29, 1.82) is 0 Å². The molecule has 6 nitrogen and oxygen atoms in total. The summed E-state index contributed by atoms with van der Waals surface area (Å²) >= 11 is 1.63. The molecule has 1 N–H and O–H groups in total. The van der Waals surface area contributed by atoms with Crippen molar-refractivity contribution in [2.45, 2.75) is 70.0 Å². The summed E-state index contributed by atoms with van der Waals surface area (Å²) in [5.41, 5.74) is 0.771. The number of nitrogens with zero attached hydrogens (tertiary/aromatic N) is 2. The van der Waals surface area contributed by atoms with Gasteiger partial charge in [-0.1, -0.05) is 32.1 Å². The van der Waals surface area contributed by atoms with Gasteiger partial charge in [-0.05, 0) is 37.3 Å². The van der Waals surface area contributed by atoms with E-state index in [2.05, 4.69) is 5.32 Å². The third-order valence-corrected chi connectivity index (χ3v) is 7.35. The second-order valence-electron chi connectivity index (χ2n) is 8.52. The topological polar surface area (TPSA) is 63.6 Å². The van der Waals surface area contributed by atoms with Crippen LogP contribution in [0.4, 0.5) is 0 Å². The Hall–Kier alpha value is -1.86. The Morgan fingerprint density at radius 3 is 2.72 bits per heavy atom. The number of thiophene rings is 1. The van der Waals surface area contributed by atoms with Crippen LogP contribution in [-0.4, -0.2) is 53.1 Å². The van der Waals surface area contributed by atoms with Gasteiger partial charge < -0.3 is 19.5 Å². The molecule has 158 valence electrons. The van der Waals surface area contributed by atoms with Crippen molar-refractivity contribution in [3.05, 3.63) is 23.2 Å². The van der Waals surface area contributed by atoms with E-state index in [0.717, 1.165) is 35.9 Å². The maximum Gasteiger partial charge on any atom is 0.271 e. The summed E-state index contributed by atoms with van der Waals surface area (Å²) in [6.07, 6.45) is 8.14. The molecule has 2 amide bonds. The van der Waals surface area contributed by atoms with E-state index in [1.807, 2.05) is 29.0 Å². The first-order chi connectivity index (χ1) is 14.0. The second kappa shape index (κ2) is 8.48. The standard InChI is InChI=1S/C22H31N3O3S/c1-22(21(27)23-16-8-6-4-3-5-7-9-16)15-24-17-10-13-29-19(17)14-18(24)20(26)25(22)11-12-28-2/h10,13-14,16H,3-9,11-12,15H2,1-2H3,(H,23,27)/t22-/m0/s1. The number of methoxy groups -OCH3 is 1. The molecule has 1 atom stereocenters. The molecule has 0 radical (unpaired) electrons. The van der Waals surface area contributed by atoms with Crippen LogP contribution in [-0.2, 0) is 16.1 Å². The molecule has 0 unspecified atom stereocenters. The van der Waals surface area contributed by atoms with Gasteiger partial charge in [-0.2, -0.15) is 0 Å². The lowest BCUT2D eigenvalue weighted by Crippen LogP contribution is -2.65. The summed E-state index contributed by atoms with van der Waals surface area (Å²) in [4.78, 5) is 28.6. The van der Waals surface area contributed by atoms with E-state index < -0.39 is 5.54 Å². The molecule has 2 aromatic rings. The monoisotopic (exact) mass is 417 g/mol. The molecule has 1 aliphatic heterocycles. The molecular weight excluding hydrogens is 386 g/mol. The van der Waals surface area contributed by atoms with Gasteiger partial charge in [-0.15, -0.1) is 11.3 Å². The zero-order valence-electron chi connectivity index (χ0n) is 17.4. The minimum absolute atomic E-state index is 0.0461. The number of hydrogen-bond donors (Lipinski definition) is 1. The molecule has 0 saturated heterocycles. The van der Waals surface area contributed by atoms with Crippen LogP contribution in [0.3, 0.4) is 0 Å². The molecule has 2 aliphatic rings. The van der Waals surface area contributed by atoms with Crippen molar-refractivity contribution in [3.63, 3.8) is 0 Å². The first-order valence-corrected chi connectivity index (χ1v) is 11.6. The van der Waals surface area contributed by atoms with Gasteiger partial charge >= 0.3 is 0 Å². The fourth-order valence-corrected chi connectivity index (χ4v) is 5.57. The fraction of sp³-hybridized carbons (Fsp3) is 0.636. The van der Waals surface area contributed by atoms with Gasteiger partial charge in [0, 0.05) is 19.7 Å². The Morgan fingerprint density at radius 2 is 2.00 bits per heavy atom. The van der Waals surface area contributed by atoms with Crippen LogP contribution >= 0.6 is 11.3 Å². The maximum absolute atomic E-state index is 13.6. The Bertz CT molecular complexity index is 881. The van der Waals surface area contributed by atoms with Crippen LogP contribution < -0.4 is 5.32 Å². The Balaban J connectivity index is 1.63. The summed E-state index contributed by atoms with van der Waals surface area (Å²) in [5, 5.41) is 5.34. The van der Waals surface area contributed by atoms with Gasteiger partial charge in [0.05, 0.1) is 23.4 Å². The van der Waals surface area contributed by atoms with Crippen LogP contribution in [0.25, 0.3) is 10.2 Å². The minimum atomic E-state index is -0.932. The number of ether oxygens (including phenoxy) is 1. The molecule has 2 aromatic heterocycles. The number of fused-ring (bicyclic) bond motifs is 3. The average molecular weight is 418 g/mol. The number of aromatic nitrogens is 1. The predicted octanol–water partition coefficient (Wildman–Crippen LogP) is 3.79. The molecule has 4 rings (SSSR count). The fourth-order valence-electron chi connectivity index (χ4n) is 4.75. The van der Waals surface area contributed by atoms with Gasteiger partial charge in [-0.25, -0.2) is 0 Å². The summed E-state index contributed by atoms with van der Waals surface area (Å²) in [5.74, 6) is -0.137. The number of amides is 2. The van der Waals surface area contributed by atoms with Crippen LogP contribution in [0.15, 0.2) is 17.5 Å². The van der Waals surface area contributed by atoms with Gasteiger partial charge in [0.15, 0.2) is 0 Å². The highest BCUT2D eigenvalue weighted by Gasteiger charge is 2.48. The van der Waals surface area contributed by atoms with E-state index in [4.69, 9.17) is 4.74 Å². The average Bonchev–Trinajstić information content (AvgIpc) is 3.26. The molecule has 0 bridgehead atoms. The van der Waals surface area contributed by atoms with E-state index in [0.29, 0.717) is 25.4 Å². The van der Waals surface area contributed by atoms with Crippen molar-refractivity contribution in [3.8, 4) is 0 Å². The van der Waals surface area contributed by atoms with Crippen LogP contribution in [0.2, 0.25) is 0 Å². The summed E-state index contributed by atoms with van der Waals surface area (Å²) in [6, 6.07) is 4.19. The van der Waals surface area contributed by atoms with Crippen LogP contribution in [0, 0.1) is 0 Å². The van der Waals surface area contributed by atoms with E-state index in [1.54, 1.807) is 23.3 Å². The number of hydrogen-bond acceptors (Lipinski definition) is 4. The first kappa shape index (κ1) is 20.4. The van der Waals surface area contributed by atoms with Gasteiger partial charge in [0.1, 0.15) is 11.2 Å². The summed E-state index contributed by atoms with van der Waals surface area (Å²) < 4.78 is 8.36. The zero-order chi connectivity index (χ0) is 20.4. The second-order valence-corrected chi connectivity index (χ2v) is 9.47. The van der Waals surface area contributed by atoms with Crippen molar-refractivity contribution < 1.29 is 14.3 Å². The van der Waals surface area contributed by atoms with Crippen molar-refractivity contribution in [1.82, 2.24) is 14.8 Å². The van der Waals surface area contributed by atoms with Crippen molar-refractivity contribution >= 4 is 33.4 Å². The van der Waals surface area contributed by atoms with Crippen LogP contribution in [0.1, 0.15) is 62.4 Å². The van der Waals surface area contributed by atoms with E-state index in [9.17, 15) is 9.59 Å². The number of carbonyl (C=O) groups is 2. The van der Waals surface area contributed by atoms with E-state index in [-0.39, 0.29) is 17.9 Å². The SMILES string of the molecule is COCCN1C(=O)c2cc3sccc3n2C[C@@]1(C)C(=O)NC1CCCCCCC1. The van der Waals surface area contributed by atoms with Crippen molar-refractivity contribution in [2.75, 3.05) is 20.3 Å². The lowest BCUT2D eigenvalue weighted by Gasteiger charge is -2.44. The third-order valence-electron chi connectivity index (χ3n) is 6.50. The Kier molecular flexibility index (Phi) is 5.97. The van der Waals surface area contributed by atoms with E-state index >= 15 is 0 Å². The smallest absolute Gasteiger partial charge is 0.271 e. The number of nitrogens with one attached hydrogen (secondary N) is 1. The number of rotatable bonds is 5. The molecule has 1 aliphatic carbocycles. The third kappa shape index (κ3) is 3.82. The Labute approximate surface area is 176 Å². The zero-order valence-corrected chi connectivity index (χ0v) is 18.2. The highest BCUT2D eigenvalue weighted by atomic mass is 32.1. The predicted molar refractivity (Wildman–Crippen MR) is 115 cm³/mol. The molecule has 3 heterocycles. The first-order valence-electron chi connectivity index (χ1n) is 10.7. The highest BCUT2D eigenvalue weighted by molar-refractivity contribution is 7.17. The van der Waals surface area contributed by atoms with E-state index in [1.165, 1.54) is 19.3 Å². The summed E-state index contributed by atoms with van der Waals surface area (Å²) in [6.45, 7) is 3.19. The van der Waals surface area contributed by atoms with Crippen molar-refractivity contribution in [2.24, 2.45) is 0 Å². The molecule has 0 aromatic carbocycles. The molecule has 0 spiro atoms. The normalized spacial score (nSPS) is 23.7. The maximum atomic E-state index is 13.6. The quantitative estimate of drug-likeness (QED) is 0.805. The van der Waals surface area contributed by atoms with Gasteiger partial charge in [0.2, 0.25) is 5.91 Å². The van der Waals surface area contributed by atoms with Crippen LogP contribution in [0.5, 0.6) is 0 Å². The Morgan fingerprint density at radius 1 is 1.28 bits per heavy atom. The largest absolute Gasteiger partial charge is 0.383 e. The lowest BCUT2D eigenvalue weighted by atomic mass is 9.92.